The van der Waals surface area contributed by atoms with Crippen LogP contribution in [0.2, 0.25) is 0 Å². The first-order valence-corrected chi connectivity index (χ1v) is 7.72. The third kappa shape index (κ3) is 5.56. The van der Waals surface area contributed by atoms with Gasteiger partial charge < -0.3 is 10.1 Å². The Hall–Kier alpha value is -2.42. The molecule has 5 nitrogen and oxygen atoms in total. The van der Waals surface area contributed by atoms with Crippen molar-refractivity contribution in [3.05, 3.63) is 52.1 Å². The maximum atomic E-state index is 12.3. The van der Waals surface area contributed by atoms with Gasteiger partial charge in [0.15, 0.2) is 12.4 Å². The van der Waals surface area contributed by atoms with E-state index in [2.05, 4.69) is 31.0 Å². The van der Waals surface area contributed by atoms with Crippen molar-refractivity contribution in [1.82, 2.24) is 4.98 Å². The average molecular weight is 417 g/mol. The van der Waals surface area contributed by atoms with E-state index in [1.807, 2.05) is 0 Å². The molecule has 0 aliphatic rings. The number of Topliss-reactive ketones (excluding diaryl/α,β-unsaturated/α-hetero) is 1. The summed E-state index contributed by atoms with van der Waals surface area (Å²) < 4.78 is 42.0. The highest BCUT2D eigenvalue weighted by atomic mass is 79.9. The molecule has 0 atom stereocenters. The molecular weight excluding hydrogens is 405 g/mol. The molecule has 0 spiro atoms. The Bertz CT molecular complexity index is 792. The standard InChI is InChI=1S/C16H12BrF3N2O3/c1-9(23)10-2-4-11(5-3-10)14(24)22-13-6-12(17)7-21-15(13)25-8-16(18,19)20/h2-7H,8H2,1H3,(H,22,24). The molecule has 1 N–H and O–H groups in total. The van der Waals surface area contributed by atoms with Gasteiger partial charge >= 0.3 is 6.18 Å². The summed E-state index contributed by atoms with van der Waals surface area (Å²) in [6.45, 7) is -0.135. The van der Waals surface area contributed by atoms with Crippen molar-refractivity contribution in [2.24, 2.45) is 0 Å². The van der Waals surface area contributed by atoms with Crippen molar-refractivity contribution in [2.45, 2.75) is 13.1 Å². The predicted molar refractivity (Wildman–Crippen MR) is 87.9 cm³/mol. The molecule has 9 heteroatoms. The zero-order chi connectivity index (χ0) is 18.6. The summed E-state index contributed by atoms with van der Waals surface area (Å²) in [4.78, 5) is 27.2. The molecule has 25 heavy (non-hydrogen) atoms. The molecule has 132 valence electrons. The number of ether oxygens (including phenoxy) is 1. The maximum Gasteiger partial charge on any atom is 0.422 e. The number of amides is 1. The number of aromatic nitrogens is 1. The Balaban J connectivity index is 2.19. The lowest BCUT2D eigenvalue weighted by molar-refractivity contribution is -0.153. The van der Waals surface area contributed by atoms with Crippen LogP contribution >= 0.6 is 15.9 Å². The van der Waals surface area contributed by atoms with Crippen molar-refractivity contribution in [3.8, 4) is 5.88 Å². The van der Waals surface area contributed by atoms with Gasteiger partial charge in [-0.2, -0.15) is 13.2 Å². The molecule has 1 amide bonds. The molecule has 2 rings (SSSR count). The smallest absolute Gasteiger partial charge is 0.422 e. The first-order chi connectivity index (χ1) is 11.7. The van der Waals surface area contributed by atoms with Crippen LogP contribution < -0.4 is 10.1 Å². The SMILES string of the molecule is CC(=O)c1ccc(C(=O)Nc2cc(Br)cnc2OCC(F)(F)F)cc1. The Labute approximate surface area is 149 Å². The van der Waals surface area contributed by atoms with E-state index in [1.54, 1.807) is 0 Å². The van der Waals surface area contributed by atoms with Crippen molar-refractivity contribution in [2.75, 3.05) is 11.9 Å². The van der Waals surface area contributed by atoms with E-state index in [4.69, 9.17) is 0 Å². The quantitative estimate of drug-likeness (QED) is 0.740. The first-order valence-electron chi connectivity index (χ1n) is 6.93. The fourth-order valence-electron chi connectivity index (χ4n) is 1.83. The summed E-state index contributed by atoms with van der Waals surface area (Å²) >= 11 is 3.13. The average Bonchev–Trinajstić information content (AvgIpc) is 2.53. The van der Waals surface area contributed by atoms with E-state index < -0.39 is 18.7 Å². The first kappa shape index (κ1) is 18.9. The number of pyridine rings is 1. The van der Waals surface area contributed by atoms with E-state index in [1.165, 1.54) is 43.5 Å². The fraction of sp³-hybridized carbons (Fsp3) is 0.188. The highest BCUT2D eigenvalue weighted by Crippen LogP contribution is 2.27. The highest BCUT2D eigenvalue weighted by Gasteiger charge is 2.29. The van der Waals surface area contributed by atoms with Crippen LogP contribution in [0.4, 0.5) is 18.9 Å². The number of carbonyl (C=O) groups excluding carboxylic acids is 2. The van der Waals surface area contributed by atoms with Crippen molar-refractivity contribution in [3.63, 3.8) is 0 Å². The lowest BCUT2D eigenvalue weighted by Gasteiger charge is -2.13. The predicted octanol–water partition coefficient (Wildman–Crippen LogP) is 4.24. The normalized spacial score (nSPS) is 11.1. The molecule has 0 aliphatic carbocycles. The number of hydrogen-bond donors (Lipinski definition) is 1. The van der Waals surface area contributed by atoms with Gasteiger partial charge in [0.1, 0.15) is 5.69 Å². The van der Waals surface area contributed by atoms with E-state index in [-0.39, 0.29) is 22.9 Å². The minimum absolute atomic E-state index is 0.0146. The lowest BCUT2D eigenvalue weighted by atomic mass is 10.1. The van der Waals surface area contributed by atoms with Crippen molar-refractivity contribution >= 4 is 33.3 Å². The number of alkyl halides is 3. The van der Waals surface area contributed by atoms with E-state index in [0.717, 1.165) is 0 Å². The van der Waals surface area contributed by atoms with Gasteiger partial charge in [0.25, 0.3) is 5.91 Å². The minimum atomic E-state index is -4.53. The zero-order valence-corrected chi connectivity index (χ0v) is 14.4. The molecule has 0 aliphatic heterocycles. The minimum Gasteiger partial charge on any atom is -0.467 e. The number of carbonyl (C=O) groups is 2. The third-order valence-electron chi connectivity index (χ3n) is 2.99. The molecule has 0 saturated heterocycles. The van der Waals surface area contributed by atoms with Gasteiger partial charge in [-0.15, -0.1) is 0 Å². The molecule has 1 aromatic carbocycles. The number of hydrogen-bond acceptors (Lipinski definition) is 4. The largest absolute Gasteiger partial charge is 0.467 e. The van der Waals surface area contributed by atoms with Crippen LogP contribution in [-0.2, 0) is 0 Å². The molecule has 0 unspecified atom stereocenters. The van der Waals surface area contributed by atoms with Crippen LogP contribution in [0.15, 0.2) is 41.0 Å². The number of nitrogens with zero attached hydrogens (tertiary/aromatic N) is 1. The maximum absolute atomic E-state index is 12.3. The molecule has 2 aromatic rings. The van der Waals surface area contributed by atoms with Gasteiger partial charge in [-0.05, 0) is 41.1 Å². The van der Waals surface area contributed by atoms with Gasteiger partial charge in [-0.1, -0.05) is 12.1 Å². The van der Waals surface area contributed by atoms with E-state index in [0.29, 0.717) is 10.0 Å². The van der Waals surface area contributed by atoms with Gasteiger partial charge in [0.05, 0.1) is 0 Å². The Morgan fingerprint density at radius 2 is 1.80 bits per heavy atom. The van der Waals surface area contributed by atoms with Crippen LogP contribution in [0.3, 0.4) is 0 Å². The number of ketones is 1. The number of halogens is 4. The second-order valence-electron chi connectivity index (χ2n) is 5.00. The van der Waals surface area contributed by atoms with Gasteiger partial charge in [0.2, 0.25) is 5.88 Å². The zero-order valence-electron chi connectivity index (χ0n) is 12.9. The van der Waals surface area contributed by atoms with Gasteiger partial charge in [-0.3, -0.25) is 9.59 Å². The lowest BCUT2D eigenvalue weighted by Crippen LogP contribution is -2.21. The molecular formula is C16H12BrF3N2O3. The number of benzene rings is 1. The van der Waals surface area contributed by atoms with Crippen molar-refractivity contribution < 1.29 is 27.5 Å². The van der Waals surface area contributed by atoms with E-state index >= 15 is 0 Å². The van der Waals surface area contributed by atoms with Gasteiger partial charge in [0, 0.05) is 21.8 Å². The fourth-order valence-corrected chi connectivity index (χ4v) is 2.16. The second kappa shape index (κ2) is 7.64. The monoisotopic (exact) mass is 416 g/mol. The topological polar surface area (TPSA) is 68.3 Å². The molecule has 0 bridgehead atoms. The number of nitrogens with one attached hydrogen (secondary N) is 1. The van der Waals surface area contributed by atoms with Crippen LogP contribution in [0, 0.1) is 0 Å². The Morgan fingerprint density at radius 1 is 1.20 bits per heavy atom. The summed E-state index contributed by atoms with van der Waals surface area (Å²) in [5.41, 5.74) is 0.654. The molecule has 1 heterocycles. The summed E-state index contributed by atoms with van der Waals surface area (Å²) in [6.07, 6.45) is -3.28. The van der Waals surface area contributed by atoms with Crippen LogP contribution in [0.25, 0.3) is 0 Å². The Morgan fingerprint density at radius 3 is 2.36 bits per heavy atom. The summed E-state index contributed by atoms with van der Waals surface area (Å²) in [6, 6.07) is 7.22. The third-order valence-corrected chi connectivity index (χ3v) is 3.43. The molecule has 0 fully saturated rings. The molecule has 0 saturated carbocycles. The van der Waals surface area contributed by atoms with Crippen LogP contribution in [-0.4, -0.2) is 29.5 Å². The van der Waals surface area contributed by atoms with Crippen LogP contribution in [0.1, 0.15) is 27.6 Å². The molecule has 1 aromatic heterocycles. The molecule has 0 radical (unpaired) electrons. The Kier molecular flexibility index (Phi) is 5.78. The van der Waals surface area contributed by atoms with Gasteiger partial charge in [-0.25, -0.2) is 4.98 Å². The van der Waals surface area contributed by atoms with E-state index in [9.17, 15) is 22.8 Å². The van der Waals surface area contributed by atoms with Crippen molar-refractivity contribution in [1.29, 1.82) is 0 Å². The second-order valence-corrected chi connectivity index (χ2v) is 5.91. The summed E-state index contributed by atoms with van der Waals surface area (Å²) in [5, 5.41) is 2.44. The number of anilines is 1. The van der Waals surface area contributed by atoms with Crippen LogP contribution in [0.5, 0.6) is 5.88 Å². The highest BCUT2D eigenvalue weighted by molar-refractivity contribution is 9.10. The summed E-state index contributed by atoms with van der Waals surface area (Å²) in [7, 11) is 0. The number of rotatable bonds is 5. The summed E-state index contributed by atoms with van der Waals surface area (Å²) in [5.74, 6) is -1.08.